The standard InChI is InChI=1S/C14H13N9O5S3/c1-22-14(17-20-21-22)30-4-5-3-29-12-8(11(25)23(12)9(5)13(26)27)16-10(24)7(18-28)6-2-15-31-19-6/h2,8,12,28H,3-4H2,1H3,(H,16,24)(H,26,27)/t8?,12-/m0/s1. The maximum Gasteiger partial charge on any atom is 0.352 e. The number of aromatic nitrogens is 6. The Hall–Kier alpha value is -3.05. The first-order valence-corrected chi connectivity index (χ1v) is 11.2. The van der Waals surface area contributed by atoms with Gasteiger partial charge in [0.25, 0.3) is 11.8 Å². The van der Waals surface area contributed by atoms with Crippen LogP contribution >= 0.6 is 35.3 Å². The van der Waals surface area contributed by atoms with Gasteiger partial charge in [0.15, 0.2) is 5.71 Å². The topological polar surface area (TPSA) is 189 Å². The van der Waals surface area contributed by atoms with E-state index in [1.807, 2.05) is 0 Å². The van der Waals surface area contributed by atoms with Crippen molar-refractivity contribution in [2.75, 3.05) is 11.5 Å². The molecular weight excluding hydrogens is 470 g/mol. The molecule has 2 aliphatic heterocycles. The fourth-order valence-corrected chi connectivity index (χ4v) is 5.73. The van der Waals surface area contributed by atoms with Crippen molar-refractivity contribution < 1.29 is 24.7 Å². The molecule has 2 atom stereocenters. The monoisotopic (exact) mass is 483 g/mol. The minimum atomic E-state index is -1.23. The Bertz CT molecular complexity index is 1100. The number of tetrazole rings is 1. The average molecular weight is 484 g/mol. The van der Waals surface area contributed by atoms with E-state index in [1.165, 1.54) is 34.4 Å². The van der Waals surface area contributed by atoms with Crippen molar-refractivity contribution in [3.8, 4) is 0 Å². The van der Waals surface area contributed by atoms with Gasteiger partial charge in [0.05, 0.1) is 17.9 Å². The summed E-state index contributed by atoms with van der Waals surface area (Å²) >= 11 is 3.41. The van der Waals surface area contributed by atoms with Crippen LogP contribution in [0.25, 0.3) is 0 Å². The fourth-order valence-electron chi connectivity index (χ4n) is 2.98. The highest BCUT2D eigenvalue weighted by Crippen LogP contribution is 2.41. The van der Waals surface area contributed by atoms with Crippen LogP contribution in [0.1, 0.15) is 5.69 Å². The molecule has 0 radical (unpaired) electrons. The molecule has 4 heterocycles. The van der Waals surface area contributed by atoms with E-state index in [9.17, 15) is 19.5 Å². The summed E-state index contributed by atoms with van der Waals surface area (Å²) < 4.78 is 9.03. The van der Waals surface area contributed by atoms with E-state index in [-0.39, 0.29) is 22.9 Å². The van der Waals surface area contributed by atoms with Gasteiger partial charge in [-0.2, -0.15) is 8.75 Å². The van der Waals surface area contributed by atoms with E-state index in [0.29, 0.717) is 16.5 Å². The number of carbonyl (C=O) groups excluding carboxylic acids is 2. The summed E-state index contributed by atoms with van der Waals surface area (Å²) in [5.74, 6) is -1.99. The summed E-state index contributed by atoms with van der Waals surface area (Å²) in [5.41, 5.74) is 0.116. The molecule has 2 aromatic heterocycles. The molecule has 0 spiro atoms. The van der Waals surface area contributed by atoms with Crippen LogP contribution in [0, 0.1) is 0 Å². The number of hydrogen-bond donors (Lipinski definition) is 3. The van der Waals surface area contributed by atoms with Gasteiger partial charge in [-0.1, -0.05) is 16.9 Å². The van der Waals surface area contributed by atoms with Crippen LogP contribution in [0.5, 0.6) is 0 Å². The number of carboxylic acid groups (broad SMARTS) is 1. The highest BCUT2D eigenvalue weighted by Gasteiger charge is 2.54. The summed E-state index contributed by atoms with van der Waals surface area (Å²) in [6.45, 7) is 0. The van der Waals surface area contributed by atoms with E-state index in [1.54, 1.807) is 7.05 Å². The van der Waals surface area contributed by atoms with Crippen molar-refractivity contribution in [3.05, 3.63) is 23.2 Å². The zero-order valence-electron chi connectivity index (χ0n) is 15.6. The van der Waals surface area contributed by atoms with Gasteiger partial charge in [-0.15, -0.1) is 16.9 Å². The number of hydrogen-bond acceptors (Lipinski definition) is 13. The van der Waals surface area contributed by atoms with Crippen molar-refractivity contribution in [1.82, 2.24) is 39.2 Å². The fraction of sp³-hybridized carbons (Fsp3) is 0.357. The Kier molecular flexibility index (Phi) is 5.88. The Morgan fingerprint density at radius 2 is 2.26 bits per heavy atom. The van der Waals surface area contributed by atoms with Crippen LogP contribution in [-0.2, 0) is 21.4 Å². The van der Waals surface area contributed by atoms with E-state index in [0.717, 1.165) is 16.6 Å². The minimum absolute atomic E-state index is 0.0635. The molecule has 2 aliphatic rings. The number of oxime groups is 1. The van der Waals surface area contributed by atoms with Crippen LogP contribution < -0.4 is 5.32 Å². The number of carbonyl (C=O) groups is 3. The molecular formula is C14H13N9O5S3. The number of β-lactam (4-membered cyclic amide) rings is 1. The molecule has 2 aromatic rings. The summed E-state index contributed by atoms with van der Waals surface area (Å²) in [6, 6.07) is -0.965. The molecule has 0 saturated carbocycles. The smallest absolute Gasteiger partial charge is 0.352 e. The van der Waals surface area contributed by atoms with Crippen molar-refractivity contribution in [1.29, 1.82) is 0 Å². The first-order chi connectivity index (χ1) is 14.9. The second kappa shape index (κ2) is 8.60. The lowest BCUT2D eigenvalue weighted by Gasteiger charge is -2.49. The number of nitrogens with one attached hydrogen (secondary N) is 1. The van der Waals surface area contributed by atoms with Gasteiger partial charge in [0.1, 0.15) is 22.8 Å². The van der Waals surface area contributed by atoms with Gasteiger partial charge in [-0.25, -0.2) is 9.48 Å². The first kappa shape index (κ1) is 21.2. The lowest BCUT2D eigenvalue weighted by Crippen LogP contribution is -2.71. The highest BCUT2D eigenvalue weighted by molar-refractivity contribution is 8.01. The molecule has 0 aliphatic carbocycles. The number of aryl methyl sites for hydroxylation is 1. The zero-order valence-corrected chi connectivity index (χ0v) is 18.0. The number of rotatable bonds is 7. The molecule has 2 amide bonds. The Labute approximate surface area is 186 Å². The third-order valence-electron chi connectivity index (χ3n) is 4.41. The molecule has 1 saturated heterocycles. The summed E-state index contributed by atoms with van der Waals surface area (Å²) in [6.07, 6.45) is 1.26. The number of fused-ring (bicyclic) bond motifs is 1. The number of carboxylic acids is 1. The molecule has 162 valence electrons. The predicted octanol–water partition coefficient (Wildman–Crippen LogP) is -1.23. The van der Waals surface area contributed by atoms with Crippen molar-refractivity contribution in [2.45, 2.75) is 16.6 Å². The van der Waals surface area contributed by atoms with Crippen LogP contribution in [0.2, 0.25) is 0 Å². The molecule has 1 unspecified atom stereocenters. The van der Waals surface area contributed by atoms with Crippen molar-refractivity contribution in [3.63, 3.8) is 0 Å². The minimum Gasteiger partial charge on any atom is -0.477 e. The Balaban J connectivity index is 1.49. The summed E-state index contributed by atoms with van der Waals surface area (Å²) in [4.78, 5) is 38.2. The SMILES string of the molecule is Cn1nnnc1SCC1=C(C(=O)O)N2C(=O)C(NC(=O)C(=NO)c3cnsn3)[C@@H]2SC1. The number of thioether (sulfide) groups is 2. The third kappa shape index (κ3) is 3.86. The van der Waals surface area contributed by atoms with Gasteiger partial charge in [-0.05, 0) is 16.0 Å². The first-order valence-electron chi connectivity index (χ1n) is 8.48. The van der Waals surface area contributed by atoms with Gasteiger partial charge < -0.3 is 15.6 Å². The summed E-state index contributed by atoms with van der Waals surface area (Å²) in [7, 11) is 1.67. The van der Waals surface area contributed by atoms with E-state index < -0.39 is 29.2 Å². The highest BCUT2D eigenvalue weighted by atomic mass is 32.2. The largest absolute Gasteiger partial charge is 0.477 e. The molecule has 14 nitrogen and oxygen atoms in total. The predicted molar refractivity (Wildman–Crippen MR) is 107 cm³/mol. The summed E-state index contributed by atoms with van der Waals surface area (Å²) in [5, 5.41) is 35.3. The van der Waals surface area contributed by atoms with Crippen LogP contribution in [0.3, 0.4) is 0 Å². The maximum absolute atomic E-state index is 12.7. The number of nitrogens with zero attached hydrogens (tertiary/aromatic N) is 8. The lowest BCUT2D eigenvalue weighted by molar-refractivity contribution is -0.150. The maximum atomic E-state index is 12.7. The molecule has 31 heavy (non-hydrogen) atoms. The van der Waals surface area contributed by atoms with Crippen LogP contribution in [0.15, 0.2) is 27.8 Å². The molecule has 0 aromatic carbocycles. The van der Waals surface area contributed by atoms with E-state index >= 15 is 0 Å². The quantitative estimate of drug-likeness (QED) is 0.140. The third-order valence-corrected chi connectivity index (χ3v) is 7.33. The number of amides is 2. The molecule has 4 rings (SSSR count). The van der Waals surface area contributed by atoms with Gasteiger partial charge in [0, 0.05) is 18.6 Å². The zero-order chi connectivity index (χ0) is 22.1. The second-order valence-electron chi connectivity index (χ2n) is 6.23. The molecule has 17 heteroatoms. The second-order valence-corrected chi connectivity index (χ2v) is 8.84. The Morgan fingerprint density at radius 3 is 2.87 bits per heavy atom. The average Bonchev–Trinajstić information content (AvgIpc) is 3.42. The molecule has 0 bridgehead atoms. The van der Waals surface area contributed by atoms with Crippen molar-refractivity contribution in [2.24, 2.45) is 12.2 Å². The van der Waals surface area contributed by atoms with Crippen molar-refractivity contribution >= 4 is 58.7 Å². The van der Waals surface area contributed by atoms with Gasteiger partial charge in [0.2, 0.25) is 5.16 Å². The molecule has 1 fully saturated rings. The van der Waals surface area contributed by atoms with E-state index in [2.05, 4.69) is 34.7 Å². The van der Waals surface area contributed by atoms with Gasteiger partial charge >= 0.3 is 5.97 Å². The van der Waals surface area contributed by atoms with Crippen LogP contribution in [-0.4, -0.2) is 90.6 Å². The van der Waals surface area contributed by atoms with E-state index in [4.69, 9.17) is 5.21 Å². The van der Waals surface area contributed by atoms with Crippen LogP contribution in [0.4, 0.5) is 0 Å². The number of aliphatic carboxylic acids is 1. The van der Waals surface area contributed by atoms with Gasteiger partial charge in [-0.3, -0.25) is 14.5 Å². The normalized spacial score (nSPS) is 21.0. The molecule has 3 N–H and O–H groups in total. The Morgan fingerprint density at radius 1 is 1.45 bits per heavy atom. The lowest BCUT2D eigenvalue weighted by atomic mass is 10.0.